The fourth-order valence-corrected chi connectivity index (χ4v) is 2.11. The number of fused-ring (bicyclic) bond motifs is 1. The van der Waals surface area contributed by atoms with Gasteiger partial charge in [0.15, 0.2) is 0 Å². The lowest BCUT2D eigenvalue weighted by Crippen LogP contribution is -2.04. The molecule has 1 aliphatic carbocycles. The first-order valence-electron chi connectivity index (χ1n) is 3.81. The maximum Gasteiger partial charge on any atom is 0.0311 e. The summed E-state index contributed by atoms with van der Waals surface area (Å²) in [7, 11) is 0. The number of hydrogen-bond acceptors (Lipinski definition) is 2. The van der Waals surface area contributed by atoms with Crippen LogP contribution in [0.5, 0.6) is 0 Å². The summed E-state index contributed by atoms with van der Waals surface area (Å²) in [6, 6.07) is 8.48. The van der Waals surface area contributed by atoms with E-state index in [1.807, 2.05) is 12.1 Å². The minimum Gasteiger partial charge on any atom is -0.324 e. The van der Waals surface area contributed by atoms with Gasteiger partial charge in [-0.2, -0.15) is 12.6 Å². The molecular weight excluding hydrogens is 154 g/mol. The molecule has 0 bridgehead atoms. The highest BCUT2D eigenvalue weighted by atomic mass is 32.1. The largest absolute Gasteiger partial charge is 0.324 e. The second kappa shape index (κ2) is 2.54. The molecule has 2 atom stereocenters. The molecule has 58 valence electrons. The smallest absolute Gasteiger partial charge is 0.0311 e. The van der Waals surface area contributed by atoms with Gasteiger partial charge in [-0.05, 0) is 17.5 Å². The van der Waals surface area contributed by atoms with Gasteiger partial charge < -0.3 is 5.73 Å². The van der Waals surface area contributed by atoms with E-state index in [-0.39, 0.29) is 6.04 Å². The Morgan fingerprint density at radius 2 is 1.91 bits per heavy atom. The number of thiol groups is 1. The van der Waals surface area contributed by atoms with Crippen molar-refractivity contribution in [1.82, 2.24) is 0 Å². The maximum atomic E-state index is 5.89. The molecule has 0 radical (unpaired) electrons. The molecule has 2 unspecified atom stereocenters. The molecule has 1 nitrogen and oxygen atoms in total. The van der Waals surface area contributed by atoms with Gasteiger partial charge in [-0.3, -0.25) is 0 Å². The van der Waals surface area contributed by atoms with Crippen molar-refractivity contribution in [2.45, 2.75) is 17.7 Å². The van der Waals surface area contributed by atoms with Crippen molar-refractivity contribution in [3.05, 3.63) is 35.4 Å². The van der Waals surface area contributed by atoms with Crippen molar-refractivity contribution >= 4 is 12.6 Å². The van der Waals surface area contributed by atoms with Crippen molar-refractivity contribution in [2.24, 2.45) is 5.73 Å². The summed E-state index contributed by atoms with van der Waals surface area (Å²) in [6.07, 6.45) is 0.975. The highest BCUT2D eigenvalue weighted by Gasteiger charge is 2.24. The quantitative estimate of drug-likeness (QED) is 0.565. The molecular formula is C9H11NS. The van der Waals surface area contributed by atoms with E-state index in [0.717, 1.165) is 6.42 Å². The van der Waals surface area contributed by atoms with Crippen molar-refractivity contribution in [3.8, 4) is 0 Å². The van der Waals surface area contributed by atoms with Crippen LogP contribution < -0.4 is 5.73 Å². The van der Waals surface area contributed by atoms with E-state index in [2.05, 4.69) is 24.8 Å². The number of nitrogens with two attached hydrogens (primary N) is 1. The average Bonchev–Trinajstić information content (AvgIpc) is 2.30. The highest BCUT2D eigenvalue weighted by molar-refractivity contribution is 7.80. The molecule has 1 aromatic rings. The fraction of sp³-hybridized carbons (Fsp3) is 0.333. The summed E-state index contributed by atoms with van der Waals surface area (Å²) in [4.78, 5) is 0. The number of hydrogen-bond donors (Lipinski definition) is 2. The van der Waals surface area contributed by atoms with Crippen LogP contribution in [0.4, 0.5) is 0 Å². The van der Waals surface area contributed by atoms with Gasteiger partial charge in [0.05, 0.1) is 0 Å². The predicted octanol–water partition coefficient (Wildman–Crippen LogP) is 2.06. The molecule has 0 amide bonds. The van der Waals surface area contributed by atoms with Crippen molar-refractivity contribution in [2.75, 3.05) is 0 Å². The minimum absolute atomic E-state index is 0.202. The monoisotopic (exact) mass is 165 g/mol. The van der Waals surface area contributed by atoms with Crippen molar-refractivity contribution < 1.29 is 0 Å². The molecule has 0 fully saturated rings. The van der Waals surface area contributed by atoms with Crippen LogP contribution in [-0.2, 0) is 0 Å². The van der Waals surface area contributed by atoms with Crippen LogP contribution in [0.25, 0.3) is 0 Å². The van der Waals surface area contributed by atoms with E-state index < -0.39 is 0 Å². The molecule has 0 aromatic heterocycles. The second-order valence-corrected chi connectivity index (χ2v) is 3.61. The minimum atomic E-state index is 0.202. The van der Waals surface area contributed by atoms with Gasteiger partial charge in [0.25, 0.3) is 0 Å². The van der Waals surface area contributed by atoms with Crippen molar-refractivity contribution in [1.29, 1.82) is 0 Å². The van der Waals surface area contributed by atoms with Crippen LogP contribution in [0.1, 0.15) is 28.8 Å². The molecule has 1 aromatic carbocycles. The van der Waals surface area contributed by atoms with E-state index >= 15 is 0 Å². The SMILES string of the molecule is NC1CC(S)c2ccccc21. The molecule has 2 rings (SSSR count). The molecule has 0 spiro atoms. The Labute approximate surface area is 72.0 Å². The van der Waals surface area contributed by atoms with Crippen LogP contribution in [0.3, 0.4) is 0 Å². The van der Waals surface area contributed by atoms with Gasteiger partial charge >= 0.3 is 0 Å². The Balaban J connectivity index is 2.52. The van der Waals surface area contributed by atoms with Gasteiger partial charge in [-0.15, -0.1) is 0 Å². The fourth-order valence-electron chi connectivity index (χ4n) is 1.65. The maximum absolute atomic E-state index is 5.89. The Morgan fingerprint density at radius 1 is 1.27 bits per heavy atom. The van der Waals surface area contributed by atoms with E-state index in [1.165, 1.54) is 11.1 Å². The first kappa shape index (κ1) is 7.19. The molecule has 0 heterocycles. The molecule has 0 aliphatic heterocycles. The number of rotatable bonds is 0. The van der Waals surface area contributed by atoms with E-state index in [9.17, 15) is 0 Å². The normalized spacial score (nSPS) is 28.5. The van der Waals surface area contributed by atoms with Gasteiger partial charge in [0, 0.05) is 11.3 Å². The Morgan fingerprint density at radius 3 is 2.55 bits per heavy atom. The predicted molar refractivity (Wildman–Crippen MR) is 49.7 cm³/mol. The van der Waals surface area contributed by atoms with Crippen LogP contribution in [0.15, 0.2) is 24.3 Å². The second-order valence-electron chi connectivity index (χ2n) is 2.99. The third-order valence-electron chi connectivity index (χ3n) is 2.23. The van der Waals surface area contributed by atoms with Gasteiger partial charge in [-0.1, -0.05) is 24.3 Å². The lowest BCUT2D eigenvalue weighted by molar-refractivity contribution is 0.707. The van der Waals surface area contributed by atoms with Gasteiger partial charge in [-0.25, -0.2) is 0 Å². The molecule has 2 heteroatoms. The average molecular weight is 165 g/mol. The van der Waals surface area contributed by atoms with E-state index in [0.29, 0.717) is 5.25 Å². The summed E-state index contributed by atoms with van der Waals surface area (Å²) in [5.74, 6) is 0. The van der Waals surface area contributed by atoms with E-state index in [1.54, 1.807) is 0 Å². The van der Waals surface area contributed by atoms with Gasteiger partial charge in [0.2, 0.25) is 0 Å². The lowest BCUT2D eigenvalue weighted by Gasteiger charge is -2.01. The van der Waals surface area contributed by atoms with Crippen LogP contribution in [0, 0.1) is 0 Å². The highest BCUT2D eigenvalue weighted by Crippen LogP contribution is 2.40. The Hall–Kier alpha value is -0.470. The molecule has 11 heavy (non-hydrogen) atoms. The van der Waals surface area contributed by atoms with Crippen molar-refractivity contribution in [3.63, 3.8) is 0 Å². The number of benzene rings is 1. The first-order valence-corrected chi connectivity index (χ1v) is 4.33. The van der Waals surface area contributed by atoms with Crippen LogP contribution in [0.2, 0.25) is 0 Å². The van der Waals surface area contributed by atoms with Crippen LogP contribution in [-0.4, -0.2) is 0 Å². The Bertz CT molecular complexity index is 245. The lowest BCUT2D eigenvalue weighted by atomic mass is 10.1. The van der Waals surface area contributed by atoms with Crippen LogP contribution >= 0.6 is 12.6 Å². The summed E-state index contributed by atoms with van der Waals surface area (Å²) < 4.78 is 0. The zero-order chi connectivity index (χ0) is 7.84. The summed E-state index contributed by atoms with van der Waals surface area (Å²) in [5.41, 5.74) is 8.47. The summed E-state index contributed by atoms with van der Waals surface area (Å²) >= 11 is 4.45. The topological polar surface area (TPSA) is 26.0 Å². The molecule has 2 N–H and O–H groups in total. The molecule has 1 aliphatic rings. The summed E-state index contributed by atoms with van der Waals surface area (Å²) in [6.45, 7) is 0. The zero-order valence-corrected chi connectivity index (χ0v) is 7.09. The first-order chi connectivity index (χ1) is 5.29. The Kier molecular flexibility index (Phi) is 1.66. The molecule has 0 saturated heterocycles. The zero-order valence-electron chi connectivity index (χ0n) is 6.20. The molecule has 0 saturated carbocycles. The summed E-state index contributed by atoms with van der Waals surface area (Å²) in [5, 5.41) is 0.348. The standard InChI is InChI=1S/C9H11NS/c10-8-5-9(11)7-4-2-1-3-6(7)8/h1-4,8-9,11H,5,10H2. The third-order valence-corrected chi connectivity index (χ3v) is 2.72. The van der Waals surface area contributed by atoms with E-state index in [4.69, 9.17) is 5.73 Å². The van der Waals surface area contributed by atoms with Gasteiger partial charge in [0.1, 0.15) is 0 Å². The third kappa shape index (κ3) is 1.06.